The predicted octanol–water partition coefficient (Wildman–Crippen LogP) is 2.29. The zero-order valence-corrected chi connectivity index (χ0v) is 21.3. The number of rotatable bonds is 4. The number of nitrogens with two attached hydrogens (primary N) is 1. The van der Waals surface area contributed by atoms with Crippen molar-refractivity contribution in [3.05, 3.63) is 46.3 Å². The largest absolute Gasteiger partial charge is 0.368 e. The third-order valence-electron chi connectivity index (χ3n) is 8.24. The highest BCUT2D eigenvalue weighted by atomic mass is 16.2. The van der Waals surface area contributed by atoms with E-state index in [0.29, 0.717) is 31.9 Å². The van der Waals surface area contributed by atoms with Crippen LogP contribution in [0.4, 0.5) is 5.69 Å². The number of amides is 2. The Kier molecular flexibility index (Phi) is 6.34. The number of carbonyl (C=O) groups is 2. The molecule has 2 fully saturated rings. The summed E-state index contributed by atoms with van der Waals surface area (Å²) in [6, 6.07) is 6.41. The fourth-order valence-electron chi connectivity index (χ4n) is 5.69. The topological polar surface area (TPSA) is 87.7 Å². The molecule has 8 heteroatoms. The van der Waals surface area contributed by atoms with Crippen molar-refractivity contribution in [3.63, 3.8) is 0 Å². The number of fused-ring (bicyclic) bond motifs is 1. The minimum atomic E-state index is -0.202. The summed E-state index contributed by atoms with van der Waals surface area (Å²) < 4.78 is 1.81. The first-order valence-electron chi connectivity index (χ1n) is 13.0. The van der Waals surface area contributed by atoms with E-state index in [1.807, 2.05) is 14.5 Å². The molecule has 0 radical (unpaired) electrons. The number of likely N-dealkylation sites (tertiary alicyclic amines) is 1. The number of piperidine rings is 1. The molecule has 0 atom stereocenters. The summed E-state index contributed by atoms with van der Waals surface area (Å²) in [6.45, 7) is 10.9. The molecule has 0 saturated carbocycles. The zero-order chi connectivity index (χ0) is 24.7. The molecule has 3 heterocycles. The highest BCUT2D eigenvalue weighted by Gasteiger charge is 2.34. The summed E-state index contributed by atoms with van der Waals surface area (Å²) in [7, 11) is 0. The first-order valence-corrected chi connectivity index (χ1v) is 13.0. The molecule has 2 saturated heterocycles. The Balaban J connectivity index is 1.24. The molecule has 0 spiro atoms. The SMILES string of the molecule is Cc1cccc(N2CCN(C(=O)Cn3nc(C(=O)N4CCC(C)(N)CC4)c4c3CCC4)CC2)c1C. The predicted molar refractivity (Wildman–Crippen MR) is 137 cm³/mol. The molecule has 8 nitrogen and oxygen atoms in total. The smallest absolute Gasteiger partial charge is 0.274 e. The Bertz CT molecular complexity index is 1120. The minimum Gasteiger partial charge on any atom is -0.368 e. The third-order valence-corrected chi connectivity index (χ3v) is 8.24. The summed E-state index contributed by atoms with van der Waals surface area (Å²) in [4.78, 5) is 32.7. The summed E-state index contributed by atoms with van der Waals surface area (Å²) in [5, 5.41) is 4.70. The fraction of sp³-hybridized carbons (Fsp3) is 0.593. The number of piperazine rings is 1. The van der Waals surface area contributed by atoms with Gasteiger partial charge in [0, 0.05) is 61.8 Å². The lowest BCUT2D eigenvalue weighted by molar-refractivity contribution is -0.132. The van der Waals surface area contributed by atoms with Gasteiger partial charge in [0.15, 0.2) is 5.69 Å². The Morgan fingerprint density at radius 3 is 2.43 bits per heavy atom. The second-order valence-electron chi connectivity index (χ2n) is 10.8. The van der Waals surface area contributed by atoms with E-state index < -0.39 is 0 Å². The van der Waals surface area contributed by atoms with Crippen LogP contribution in [0.15, 0.2) is 18.2 Å². The van der Waals surface area contributed by atoms with Crippen LogP contribution in [0.25, 0.3) is 0 Å². The van der Waals surface area contributed by atoms with Crippen LogP contribution >= 0.6 is 0 Å². The average molecular weight is 479 g/mol. The number of benzene rings is 1. The second-order valence-corrected chi connectivity index (χ2v) is 10.8. The van der Waals surface area contributed by atoms with E-state index in [-0.39, 0.29) is 23.9 Å². The number of aromatic nitrogens is 2. The van der Waals surface area contributed by atoms with Crippen molar-refractivity contribution in [2.45, 2.75) is 65.0 Å². The van der Waals surface area contributed by atoms with E-state index in [1.54, 1.807) is 0 Å². The van der Waals surface area contributed by atoms with Gasteiger partial charge in [0.2, 0.25) is 5.91 Å². The van der Waals surface area contributed by atoms with Gasteiger partial charge < -0.3 is 20.4 Å². The number of nitrogens with zero attached hydrogens (tertiary/aromatic N) is 5. The van der Waals surface area contributed by atoms with Crippen LogP contribution in [0.2, 0.25) is 0 Å². The number of aryl methyl sites for hydroxylation is 1. The molecule has 0 unspecified atom stereocenters. The maximum atomic E-state index is 13.3. The molecular formula is C27H38N6O2. The first-order chi connectivity index (χ1) is 16.7. The summed E-state index contributed by atoms with van der Waals surface area (Å²) >= 11 is 0. The van der Waals surface area contributed by atoms with Crippen LogP contribution in [-0.4, -0.2) is 76.2 Å². The molecule has 2 aliphatic heterocycles. The van der Waals surface area contributed by atoms with Crippen LogP contribution in [-0.2, 0) is 24.2 Å². The first kappa shape index (κ1) is 23.9. The monoisotopic (exact) mass is 478 g/mol. The van der Waals surface area contributed by atoms with Gasteiger partial charge in [-0.05, 0) is 70.1 Å². The van der Waals surface area contributed by atoms with Crippen molar-refractivity contribution in [1.29, 1.82) is 0 Å². The summed E-state index contributed by atoms with van der Waals surface area (Å²) in [5.41, 5.74) is 12.6. The minimum absolute atomic E-state index is 0.00742. The second kappa shape index (κ2) is 9.30. The molecule has 188 valence electrons. The van der Waals surface area contributed by atoms with Gasteiger partial charge in [-0.3, -0.25) is 14.3 Å². The summed E-state index contributed by atoms with van der Waals surface area (Å²) in [6.07, 6.45) is 4.35. The van der Waals surface area contributed by atoms with Crippen LogP contribution in [0.3, 0.4) is 0 Å². The normalized spacial score (nSPS) is 19.7. The number of hydrogen-bond acceptors (Lipinski definition) is 5. The Morgan fingerprint density at radius 2 is 1.71 bits per heavy atom. The van der Waals surface area contributed by atoms with E-state index in [0.717, 1.165) is 56.5 Å². The van der Waals surface area contributed by atoms with Crippen molar-refractivity contribution in [1.82, 2.24) is 19.6 Å². The lowest BCUT2D eigenvalue weighted by atomic mass is 9.91. The molecule has 1 aromatic carbocycles. The van der Waals surface area contributed by atoms with Crippen LogP contribution in [0, 0.1) is 13.8 Å². The Labute approximate surface area is 208 Å². The number of anilines is 1. The molecular weight excluding hydrogens is 440 g/mol. The van der Waals surface area contributed by atoms with Crippen molar-refractivity contribution in [2.24, 2.45) is 5.73 Å². The fourth-order valence-corrected chi connectivity index (χ4v) is 5.69. The average Bonchev–Trinajstić information content (AvgIpc) is 3.44. The van der Waals surface area contributed by atoms with E-state index >= 15 is 0 Å². The van der Waals surface area contributed by atoms with Crippen molar-refractivity contribution in [3.8, 4) is 0 Å². The van der Waals surface area contributed by atoms with E-state index in [2.05, 4.69) is 43.9 Å². The third kappa shape index (κ3) is 4.68. The van der Waals surface area contributed by atoms with Crippen molar-refractivity contribution >= 4 is 17.5 Å². The number of hydrogen-bond donors (Lipinski definition) is 1. The molecule has 35 heavy (non-hydrogen) atoms. The van der Waals surface area contributed by atoms with E-state index in [1.165, 1.54) is 16.8 Å². The van der Waals surface area contributed by atoms with Crippen molar-refractivity contribution in [2.75, 3.05) is 44.2 Å². The molecule has 1 aromatic heterocycles. The molecule has 3 aliphatic rings. The van der Waals surface area contributed by atoms with Gasteiger partial charge in [0.25, 0.3) is 5.91 Å². The molecule has 0 bridgehead atoms. The lowest BCUT2D eigenvalue weighted by Crippen LogP contribution is -2.50. The maximum Gasteiger partial charge on any atom is 0.274 e. The standard InChI is InChI=1S/C27H38N6O2/c1-19-6-4-8-22(20(19)2)30-14-16-31(17-15-30)24(34)18-33-23-9-5-7-21(23)25(29-33)26(35)32-12-10-27(3,28)11-13-32/h4,6,8H,5,7,9-18,28H2,1-3H3. The molecule has 1 aliphatic carbocycles. The highest BCUT2D eigenvalue weighted by molar-refractivity contribution is 5.94. The van der Waals surface area contributed by atoms with Gasteiger partial charge in [-0.2, -0.15) is 5.10 Å². The number of carbonyl (C=O) groups excluding carboxylic acids is 2. The molecule has 2 amide bonds. The molecule has 2 aromatic rings. The quantitative estimate of drug-likeness (QED) is 0.729. The van der Waals surface area contributed by atoms with Crippen LogP contribution < -0.4 is 10.6 Å². The van der Waals surface area contributed by atoms with E-state index in [9.17, 15) is 9.59 Å². The van der Waals surface area contributed by atoms with Gasteiger partial charge in [-0.15, -0.1) is 0 Å². The van der Waals surface area contributed by atoms with Gasteiger partial charge in [0.05, 0.1) is 0 Å². The zero-order valence-electron chi connectivity index (χ0n) is 21.3. The maximum absolute atomic E-state index is 13.3. The summed E-state index contributed by atoms with van der Waals surface area (Å²) in [5.74, 6) is 0.0747. The molecule has 2 N–H and O–H groups in total. The van der Waals surface area contributed by atoms with Gasteiger partial charge in [-0.1, -0.05) is 12.1 Å². The highest BCUT2D eigenvalue weighted by Crippen LogP contribution is 2.28. The van der Waals surface area contributed by atoms with Crippen molar-refractivity contribution < 1.29 is 9.59 Å². The van der Waals surface area contributed by atoms with Crippen LogP contribution in [0.5, 0.6) is 0 Å². The van der Waals surface area contributed by atoms with Gasteiger partial charge in [-0.25, -0.2) is 0 Å². The van der Waals surface area contributed by atoms with E-state index in [4.69, 9.17) is 10.8 Å². The van der Waals surface area contributed by atoms with Gasteiger partial charge in [0.1, 0.15) is 6.54 Å². The van der Waals surface area contributed by atoms with Crippen LogP contribution in [0.1, 0.15) is 59.1 Å². The molecule has 5 rings (SSSR count). The Hall–Kier alpha value is -2.87. The lowest BCUT2D eigenvalue weighted by Gasteiger charge is -2.37. The van der Waals surface area contributed by atoms with Gasteiger partial charge >= 0.3 is 0 Å². The Morgan fingerprint density at radius 1 is 1.00 bits per heavy atom.